The molecular formula is C48H54N4O13. The molecule has 7 N–H and O–H groups in total. The van der Waals surface area contributed by atoms with Gasteiger partial charge in [0.25, 0.3) is 0 Å². The zero-order valence-corrected chi connectivity index (χ0v) is 36.7. The van der Waals surface area contributed by atoms with E-state index >= 15 is 0 Å². The van der Waals surface area contributed by atoms with Crippen LogP contribution < -0.4 is 16.4 Å². The molecule has 344 valence electrons. The largest absolute Gasteiger partial charge is 0.481 e. The fraction of sp³-hybridized carbons (Fsp3) is 0.333. The Bertz CT molecular complexity index is 2290. The third-order valence-corrected chi connectivity index (χ3v) is 10.8. The van der Waals surface area contributed by atoms with Gasteiger partial charge in [-0.05, 0) is 65.3 Å². The van der Waals surface area contributed by atoms with Gasteiger partial charge in [-0.15, -0.1) is 0 Å². The van der Waals surface area contributed by atoms with Crippen LogP contribution in [0.2, 0.25) is 0 Å². The number of ether oxygens (including phenoxy) is 2. The summed E-state index contributed by atoms with van der Waals surface area (Å²) in [7, 11) is 1.51. The number of amides is 4. The number of imide groups is 1. The molecule has 0 bridgehead atoms. The highest BCUT2D eigenvalue weighted by Crippen LogP contribution is 2.45. The Morgan fingerprint density at radius 1 is 0.585 bits per heavy atom. The number of benzene rings is 4. The molecule has 65 heavy (non-hydrogen) atoms. The summed E-state index contributed by atoms with van der Waals surface area (Å²) in [4.78, 5) is 89.3. The number of aliphatic carboxylic acids is 3. The molecular weight excluding hydrogens is 841 g/mol. The van der Waals surface area contributed by atoms with Crippen molar-refractivity contribution in [2.24, 2.45) is 11.7 Å². The summed E-state index contributed by atoms with van der Waals surface area (Å²) >= 11 is 0. The maximum atomic E-state index is 12.2. The Hall–Kier alpha value is -7.40. The van der Waals surface area contributed by atoms with E-state index in [1.165, 1.54) is 39.6 Å². The van der Waals surface area contributed by atoms with Crippen LogP contribution in [0.3, 0.4) is 0 Å². The Balaban J connectivity index is 0.000000222. The summed E-state index contributed by atoms with van der Waals surface area (Å²) in [5, 5.41) is 30.3. The number of likely N-dealkylation sites (tertiary alicyclic amines) is 1. The lowest BCUT2D eigenvalue weighted by Crippen LogP contribution is -2.40. The van der Waals surface area contributed by atoms with Crippen molar-refractivity contribution in [1.82, 2.24) is 15.5 Å². The van der Waals surface area contributed by atoms with Crippen molar-refractivity contribution >= 4 is 47.7 Å². The highest BCUT2D eigenvalue weighted by atomic mass is 16.6. The van der Waals surface area contributed by atoms with E-state index in [0.717, 1.165) is 44.5 Å². The predicted molar refractivity (Wildman–Crippen MR) is 238 cm³/mol. The summed E-state index contributed by atoms with van der Waals surface area (Å²) in [6, 6.07) is 29.6. The van der Waals surface area contributed by atoms with Gasteiger partial charge in [0, 0.05) is 38.1 Å². The number of rotatable bonds is 12. The monoisotopic (exact) mass is 894 g/mol. The lowest BCUT2D eigenvalue weighted by Gasteiger charge is -2.17. The first-order valence-electron chi connectivity index (χ1n) is 20.8. The van der Waals surface area contributed by atoms with Crippen LogP contribution in [0.5, 0.6) is 0 Å². The van der Waals surface area contributed by atoms with E-state index in [9.17, 15) is 38.4 Å². The second kappa shape index (κ2) is 23.3. The molecule has 1 aliphatic heterocycles. The van der Waals surface area contributed by atoms with E-state index in [1.54, 1.807) is 0 Å². The number of Topliss-reactive ketones (excluding diaryl/α,β-unsaturated/α-hetero) is 1. The Morgan fingerprint density at radius 3 is 1.18 bits per heavy atom. The number of nitrogens with zero attached hydrogens (tertiary/aromatic N) is 1. The molecule has 0 spiro atoms. The predicted octanol–water partition coefficient (Wildman–Crippen LogP) is 5.78. The Kier molecular flexibility index (Phi) is 18.0. The molecule has 17 nitrogen and oxygen atoms in total. The molecule has 4 atom stereocenters. The van der Waals surface area contributed by atoms with Crippen molar-refractivity contribution < 1.29 is 63.1 Å². The number of nitrogens with two attached hydrogens (primary N) is 1. The lowest BCUT2D eigenvalue weighted by atomic mass is 9.98. The number of carboxylic acid groups (broad SMARTS) is 3. The van der Waals surface area contributed by atoms with Crippen LogP contribution >= 0.6 is 0 Å². The molecule has 7 rings (SSSR count). The summed E-state index contributed by atoms with van der Waals surface area (Å²) in [5.41, 5.74) is 13.9. The van der Waals surface area contributed by atoms with Crippen molar-refractivity contribution in [3.63, 3.8) is 0 Å². The van der Waals surface area contributed by atoms with Crippen molar-refractivity contribution in [3.8, 4) is 22.3 Å². The van der Waals surface area contributed by atoms with E-state index in [0.29, 0.717) is 12.8 Å². The van der Waals surface area contributed by atoms with Crippen molar-refractivity contribution in [1.29, 1.82) is 0 Å². The van der Waals surface area contributed by atoms with E-state index in [-0.39, 0.29) is 49.1 Å². The first kappa shape index (κ1) is 50.2. The van der Waals surface area contributed by atoms with Gasteiger partial charge in [-0.25, -0.2) is 9.59 Å². The minimum atomic E-state index is -1.10. The highest BCUT2D eigenvalue weighted by molar-refractivity contribution is 6.01. The average molecular weight is 895 g/mol. The summed E-state index contributed by atoms with van der Waals surface area (Å²) in [5.74, 6) is -4.45. The van der Waals surface area contributed by atoms with Crippen LogP contribution in [0, 0.1) is 5.92 Å². The van der Waals surface area contributed by atoms with Crippen molar-refractivity contribution in [2.45, 2.75) is 76.9 Å². The molecule has 0 saturated carbocycles. The number of nitrogens with one attached hydrogen (secondary N) is 2. The first-order valence-corrected chi connectivity index (χ1v) is 20.8. The molecule has 17 heteroatoms. The average Bonchev–Trinajstić information content (AvgIpc) is 3.89. The van der Waals surface area contributed by atoms with Crippen molar-refractivity contribution in [3.05, 3.63) is 119 Å². The second-order valence-electron chi connectivity index (χ2n) is 15.6. The second-order valence-corrected chi connectivity index (χ2v) is 15.6. The molecule has 1 fully saturated rings. The first-order chi connectivity index (χ1) is 30.8. The number of hydrogen-bond acceptors (Lipinski definition) is 11. The molecule has 4 unspecified atom stereocenters. The molecule has 4 amide bonds. The molecule has 3 aliphatic rings. The smallest absolute Gasteiger partial charge is 0.407 e. The number of carbonyl (C=O) groups is 8. The number of alkyl carbamates (subject to hydrolysis) is 2. The fourth-order valence-electron chi connectivity index (χ4n) is 7.03. The van der Waals surface area contributed by atoms with Crippen LogP contribution in [0.25, 0.3) is 22.3 Å². The maximum absolute atomic E-state index is 12.2. The summed E-state index contributed by atoms with van der Waals surface area (Å²) < 4.78 is 10.6. The van der Waals surface area contributed by atoms with Gasteiger partial charge in [0.05, 0.1) is 12.0 Å². The maximum Gasteiger partial charge on any atom is 0.407 e. The topological polar surface area (TPSA) is 269 Å². The standard InChI is InChI=1S/C22H23NO5.C18H17NO4.C5H7NO2.C3H7NO2/c1-13(21(25)26)11-20(24)14(2)23-22(27)28-12-19-17-9-5-3-7-15(17)16-8-4-6-10-18(16)19;1-11(17(20)21)19-18(22)23-10-16-14-8-4-2-6-12(14)13-7-3-5-9-15(13)16;1-6-4(7)2-3-5(6)8;1-2(4)3(5)6/h3-10,13-14,19H,11-12H2,1-2H3,(H,23,27)(H,25,26);2-9,11,16H,10H2,1H3,(H,19,22)(H,20,21);2-3H2,1H3;2H,4H2,1H3,(H,5,6). The summed E-state index contributed by atoms with van der Waals surface area (Å²) in [6.45, 7) is 6.13. The molecule has 0 aromatic heterocycles. The van der Waals surface area contributed by atoms with Gasteiger partial charge in [0.2, 0.25) is 11.8 Å². The fourth-order valence-corrected chi connectivity index (χ4v) is 7.03. The van der Waals surface area contributed by atoms with Gasteiger partial charge < -0.3 is 41.2 Å². The van der Waals surface area contributed by atoms with Crippen LogP contribution in [-0.2, 0) is 38.2 Å². The number of carbonyl (C=O) groups excluding carboxylic acids is 5. The van der Waals surface area contributed by atoms with Crippen LogP contribution in [0.1, 0.15) is 81.0 Å². The minimum Gasteiger partial charge on any atom is -0.481 e. The molecule has 4 aromatic rings. The van der Waals surface area contributed by atoms with Gasteiger partial charge in [-0.3, -0.25) is 33.7 Å². The third kappa shape index (κ3) is 13.5. The van der Waals surface area contributed by atoms with Gasteiger partial charge in [-0.1, -0.05) is 104 Å². The van der Waals surface area contributed by atoms with Gasteiger partial charge >= 0.3 is 30.1 Å². The SMILES string of the molecule is CC(CC(=O)C(C)NC(=O)OCC1c2ccccc2-c2ccccc21)C(=O)O.CC(N)C(=O)O.CC(NC(=O)OCC1c2ccccc2-c2ccccc21)C(=O)O.CN1C(=O)CCC1=O. The van der Waals surface area contributed by atoms with Crippen LogP contribution in [-0.4, -0.2) is 106 Å². The van der Waals surface area contributed by atoms with Gasteiger partial charge in [0.1, 0.15) is 25.3 Å². The highest BCUT2D eigenvalue weighted by Gasteiger charge is 2.31. The van der Waals surface area contributed by atoms with E-state index < -0.39 is 54.1 Å². The van der Waals surface area contributed by atoms with E-state index in [2.05, 4.69) is 34.9 Å². The molecule has 0 radical (unpaired) electrons. The Morgan fingerprint density at radius 2 is 0.908 bits per heavy atom. The zero-order chi connectivity index (χ0) is 48.0. The van der Waals surface area contributed by atoms with E-state index in [1.807, 2.05) is 72.8 Å². The number of hydrogen-bond donors (Lipinski definition) is 6. The molecule has 1 heterocycles. The van der Waals surface area contributed by atoms with Crippen LogP contribution in [0.4, 0.5) is 9.59 Å². The lowest BCUT2D eigenvalue weighted by molar-refractivity contribution is -0.143. The quantitative estimate of drug-likeness (QED) is 0.0922. The Labute approximate surface area is 375 Å². The summed E-state index contributed by atoms with van der Waals surface area (Å²) in [6.07, 6.45) is -0.752. The molecule has 1 saturated heterocycles. The molecule has 4 aromatic carbocycles. The zero-order valence-electron chi connectivity index (χ0n) is 36.7. The van der Waals surface area contributed by atoms with Gasteiger partial charge in [0.15, 0.2) is 5.78 Å². The third-order valence-electron chi connectivity index (χ3n) is 10.8. The van der Waals surface area contributed by atoms with Crippen molar-refractivity contribution in [2.75, 3.05) is 20.3 Å². The number of fused-ring (bicyclic) bond motifs is 6. The number of ketones is 1. The minimum absolute atomic E-state index is 0.0340. The van der Waals surface area contributed by atoms with Crippen LogP contribution in [0.15, 0.2) is 97.1 Å². The normalized spacial score (nSPS) is 14.9. The number of carboxylic acids is 3. The van der Waals surface area contributed by atoms with E-state index in [4.69, 9.17) is 30.5 Å². The molecule has 2 aliphatic carbocycles. The van der Waals surface area contributed by atoms with Gasteiger partial charge in [-0.2, -0.15) is 0 Å².